The average molecular weight is 338 g/mol. The van der Waals surface area contributed by atoms with Crippen molar-refractivity contribution in [3.05, 3.63) is 0 Å². The number of amides is 1. The second-order valence-electron chi connectivity index (χ2n) is 5.40. The zero-order valence-electron chi connectivity index (χ0n) is 12.9. The molecule has 3 unspecified atom stereocenters. The van der Waals surface area contributed by atoms with E-state index in [9.17, 15) is 18.3 Å². The van der Waals surface area contributed by atoms with Gasteiger partial charge < -0.3 is 10.0 Å². The highest BCUT2D eigenvalue weighted by Gasteiger charge is 2.37. The predicted octanol–water partition coefficient (Wildman–Crippen LogP) is 0.277. The molecule has 1 fully saturated rings. The van der Waals surface area contributed by atoms with E-state index < -0.39 is 16.1 Å². The van der Waals surface area contributed by atoms with Crippen LogP contribution < -0.4 is 4.72 Å². The Labute approximate surface area is 131 Å². The molecule has 0 aromatic heterocycles. The Morgan fingerprint density at radius 1 is 1.52 bits per heavy atom. The van der Waals surface area contributed by atoms with E-state index in [1.54, 1.807) is 23.6 Å². The Morgan fingerprint density at radius 2 is 2.19 bits per heavy atom. The molecular weight excluding hydrogens is 312 g/mol. The molecule has 2 N–H and O–H groups in total. The van der Waals surface area contributed by atoms with Gasteiger partial charge in [0.05, 0.1) is 18.4 Å². The smallest absolute Gasteiger partial charge is 0.241 e. The highest BCUT2D eigenvalue weighted by molar-refractivity contribution is 7.98. The summed E-state index contributed by atoms with van der Waals surface area (Å²) in [5.41, 5.74) is 0. The molecule has 6 nitrogen and oxygen atoms in total. The van der Waals surface area contributed by atoms with E-state index in [2.05, 4.69) is 4.72 Å². The standard InChI is InChI=1S/C13H26N2O4S2/c1-4-21(18,19)14-11(6-8-20-3)13(17)15-7-5-10(2)12(15)9-16/h10-12,14,16H,4-9H2,1-3H3. The number of aliphatic hydroxyl groups is 1. The van der Waals surface area contributed by atoms with Gasteiger partial charge in [0, 0.05) is 6.54 Å². The van der Waals surface area contributed by atoms with E-state index >= 15 is 0 Å². The molecule has 0 saturated carbocycles. The van der Waals surface area contributed by atoms with Crippen molar-refractivity contribution in [3.63, 3.8) is 0 Å². The maximum absolute atomic E-state index is 12.6. The molecule has 1 rings (SSSR count). The lowest BCUT2D eigenvalue weighted by atomic mass is 10.0. The van der Waals surface area contributed by atoms with E-state index in [0.29, 0.717) is 18.7 Å². The minimum atomic E-state index is -3.43. The number of likely N-dealkylation sites (tertiary alicyclic amines) is 1. The van der Waals surface area contributed by atoms with Crippen LogP contribution in [0.4, 0.5) is 0 Å². The summed E-state index contributed by atoms with van der Waals surface area (Å²) in [6, 6.07) is -0.942. The summed E-state index contributed by atoms with van der Waals surface area (Å²) in [5, 5.41) is 9.46. The number of rotatable bonds is 8. The Hall–Kier alpha value is -0.310. The minimum absolute atomic E-state index is 0.0458. The first-order chi connectivity index (χ1) is 9.86. The number of sulfonamides is 1. The van der Waals surface area contributed by atoms with Crippen LogP contribution in [0.3, 0.4) is 0 Å². The normalized spacial score (nSPS) is 24.3. The topological polar surface area (TPSA) is 86.7 Å². The van der Waals surface area contributed by atoms with Crippen LogP contribution in [-0.2, 0) is 14.8 Å². The van der Waals surface area contributed by atoms with Crippen LogP contribution in [0.2, 0.25) is 0 Å². The SMILES string of the molecule is CCS(=O)(=O)NC(CCSC)C(=O)N1CCC(C)C1CO. The average Bonchev–Trinajstić information content (AvgIpc) is 2.83. The van der Waals surface area contributed by atoms with Crippen molar-refractivity contribution < 1.29 is 18.3 Å². The fourth-order valence-electron chi connectivity index (χ4n) is 2.53. The van der Waals surface area contributed by atoms with Crippen LogP contribution in [0.15, 0.2) is 0 Å². The zero-order chi connectivity index (χ0) is 16.0. The number of nitrogens with zero attached hydrogens (tertiary/aromatic N) is 1. The molecule has 21 heavy (non-hydrogen) atoms. The third-order valence-electron chi connectivity index (χ3n) is 3.96. The number of aliphatic hydroxyl groups excluding tert-OH is 1. The van der Waals surface area contributed by atoms with Gasteiger partial charge in [0.2, 0.25) is 15.9 Å². The fourth-order valence-corrected chi connectivity index (χ4v) is 3.82. The third kappa shape index (κ3) is 5.12. The summed E-state index contributed by atoms with van der Waals surface area (Å²) >= 11 is 1.58. The van der Waals surface area contributed by atoms with Crippen molar-refractivity contribution in [2.45, 2.75) is 38.8 Å². The van der Waals surface area contributed by atoms with Crippen molar-refractivity contribution in [3.8, 4) is 0 Å². The molecule has 0 aromatic rings. The maximum Gasteiger partial charge on any atom is 0.241 e. The zero-order valence-corrected chi connectivity index (χ0v) is 14.5. The first-order valence-electron chi connectivity index (χ1n) is 7.26. The van der Waals surface area contributed by atoms with E-state index in [4.69, 9.17) is 0 Å². The highest BCUT2D eigenvalue weighted by atomic mass is 32.2. The fraction of sp³-hybridized carbons (Fsp3) is 0.923. The van der Waals surface area contributed by atoms with Crippen LogP contribution in [0.25, 0.3) is 0 Å². The first-order valence-corrected chi connectivity index (χ1v) is 10.3. The number of hydrogen-bond acceptors (Lipinski definition) is 5. The molecule has 1 amide bonds. The summed E-state index contributed by atoms with van der Waals surface area (Å²) in [7, 11) is -3.43. The van der Waals surface area contributed by atoms with Gasteiger partial charge in [-0.2, -0.15) is 11.8 Å². The summed E-state index contributed by atoms with van der Waals surface area (Å²) in [6.07, 6.45) is 3.22. The second-order valence-corrected chi connectivity index (χ2v) is 8.43. The van der Waals surface area contributed by atoms with Crippen LogP contribution >= 0.6 is 11.8 Å². The lowest BCUT2D eigenvalue weighted by Gasteiger charge is -2.29. The number of carbonyl (C=O) groups is 1. The molecule has 0 bridgehead atoms. The van der Waals surface area contributed by atoms with Gasteiger partial charge in [-0.1, -0.05) is 6.92 Å². The van der Waals surface area contributed by atoms with E-state index in [-0.39, 0.29) is 30.2 Å². The predicted molar refractivity (Wildman–Crippen MR) is 85.8 cm³/mol. The molecule has 0 aliphatic carbocycles. The molecule has 8 heteroatoms. The molecule has 0 radical (unpaired) electrons. The molecule has 1 aliphatic heterocycles. The van der Waals surface area contributed by atoms with Crippen molar-refractivity contribution in [2.75, 3.05) is 30.9 Å². The van der Waals surface area contributed by atoms with Gasteiger partial charge in [0.1, 0.15) is 6.04 Å². The number of carbonyl (C=O) groups excluding carboxylic acids is 1. The molecule has 1 aliphatic rings. The molecule has 124 valence electrons. The van der Waals surface area contributed by atoms with Gasteiger partial charge in [-0.25, -0.2) is 13.1 Å². The monoisotopic (exact) mass is 338 g/mol. The van der Waals surface area contributed by atoms with Crippen LogP contribution in [0, 0.1) is 5.92 Å². The number of hydrogen-bond donors (Lipinski definition) is 2. The molecule has 0 spiro atoms. The Balaban J connectivity index is 2.84. The van der Waals surface area contributed by atoms with Crippen molar-refractivity contribution >= 4 is 27.7 Å². The van der Waals surface area contributed by atoms with Gasteiger partial charge in [-0.3, -0.25) is 4.79 Å². The molecule has 1 heterocycles. The van der Waals surface area contributed by atoms with E-state index in [1.807, 2.05) is 13.2 Å². The van der Waals surface area contributed by atoms with Gasteiger partial charge in [0.25, 0.3) is 0 Å². The second kappa shape index (κ2) is 8.36. The molecule has 1 saturated heterocycles. The summed E-state index contributed by atoms with van der Waals surface area (Å²) in [4.78, 5) is 14.3. The largest absolute Gasteiger partial charge is 0.394 e. The molecule has 3 atom stereocenters. The highest BCUT2D eigenvalue weighted by Crippen LogP contribution is 2.24. The van der Waals surface area contributed by atoms with Gasteiger partial charge in [0.15, 0.2) is 0 Å². The Bertz CT molecular complexity index is 441. The van der Waals surface area contributed by atoms with Gasteiger partial charge >= 0.3 is 0 Å². The Morgan fingerprint density at radius 3 is 2.71 bits per heavy atom. The lowest BCUT2D eigenvalue weighted by Crippen LogP contribution is -2.51. The summed E-state index contributed by atoms with van der Waals surface area (Å²) in [5.74, 6) is 0.679. The Kier molecular flexibility index (Phi) is 7.46. The van der Waals surface area contributed by atoms with E-state index in [0.717, 1.165) is 6.42 Å². The molecule has 0 aromatic carbocycles. The van der Waals surface area contributed by atoms with Crippen LogP contribution in [0.1, 0.15) is 26.7 Å². The number of nitrogens with one attached hydrogen (secondary N) is 1. The van der Waals surface area contributed by atoms with Crippen molar-refractivity contribution in [1.82, 2.24) is 9.62 Å². The summed E-state index contributed by atoms with van der Waals surface area (Å²) < 4.78 is 26.0. The lowest BCUT2D eigenvalue weighted by molar-refractivity contribution is -0.135. The third-order valence-corrected chi connectivity index (χ3v) is 6.01. The van der Waals surface area contributed by atoms with Crippen molar-refractivity contribution in [2.24, 2.45) is 5.92 Å². The summed E-state index contributed by atoms with van der Waals surface area (Å²) in [6.45, 7) is 4.05. The minimum Gasteiger partial charge on any atom is -0.394 e. The van der Waals surface area contributed by atoms with E-state index in [1.165, 1.54) is 0 Å². The van der Waals surface area contributed by atoms with Gasteiger partial charge in [-0.05, 0) is 37.7 Å². The molecular formula is C13H26N2O4S2. The van der Waals surface area contributed by atoms with Crippen molar-refractivity contribution in [1.29, 1.82) is 0 Å². The quantitative estimate of drug-likeness (QED) is 0.664. The van der Waals surface area contributed by atoms with Crippen LogP contribution in [0.5, 0.6) is 0 Å². The number of thioether (sulfide) groups is 1. The van der Waals surface area contributed by atoms with Crippen LogP contribution in [-0.4, -0.2) is 67.3 Å². The maximum atomic E-state index is 12.6. The van der Waals surface area contributed by atoms with Gasteiger partial charge in [-0.15, -0.1) is 0 Å². The first kappa shape index (κ1) is 18.7.